The number of hydrogen-bond acceptors (Lipinski definition) is 3. The third kappa shape index (κ3) is 3.63. The highest BCUT2D eigenvalue weighted by Gasteiger charge is 2.28. The zero-order chi connectivity index (χ0) is 14.7. The lowest BCUT2D eigenvalue weighted by molar-refractivity contribution is -0.134. The van der Waals surface area contributed by atoms with Crippen molar-refractivity contribution in [3.05, 3.63) is 12.7 Å². The van der Waals surface area contributed by atoms with E-state index in [0.717, 1.165) is 38.3 Å². The number of carbonyl (C=O) groups excluding carboxylic acids is 1. The number of piperidine rings is 1. The average Bonchev–Trinajstić information content (AvgIpc) is 3.02. The van der Waals surface area contributed by atoms with Gasteiger partial charge in [0.1, 0.15) is 12.7 Å². The van der Waals surface area contributed by atoms with E-state index in [9.17, 15) is 4.79 Å². The summed E-state index contributed by atoms with van der Waals surface area (Å²) in [5.74, 6) is 1.74. The van der Waals surface area contributed by atoms with Crippen molar-refractivity contribution in [2.45, 2.75) is 57.9 Å². The molecule has 3 atom stereocenters. The second-order valence-electron chi connectivity index (χ2n) is 6.85. The fraction of sp³-hybridized carbons (Fsp3) is 0.812. The minimum atomic E-state index is 0.301. The molecule has 5 heteroatoms. The monoisotopic (exact) mass is 290 g/mol. The van der Waals surface area contributed by atoms with Gasteiger partial charge in [0.25, 0.3) is 0 Å². The van der Waals surface area contributed by atoms with Crippen molar-refractivity contribution in [2.75, 3.05) is 13.1 Å². The number of likely N-dealkylation sites (tertiary alicyclic amines) is 1. The minimum absolute atomic E-state index is 0.301. The van der Waals surface area contributed by atoms with Crippen LogP contribution in [0.4, 0.5) is 0 Å². The molecule has 3 rings (SSSR count). The first-order valence-electron chi connectivity index (χ1n) is 8.34. The van der Waals surface area contributed by atoms with Crippen LogP contribution in [-0.2, 0) is 4.79 Å². The zero-order valence-electron chi connectivity index (χ0n) is 12.9. The van der Waals surface area contributed by atoms with Crippen LogP contribution in [0.2, 0.25) is 0 Å². The number of carbonyl (C=O) groups is 1. The summed E-state index contributed by atoms with van der Waals surface area (Å²) >= 11 is 0. The molecule has 1 aliphatic carbocycles. The van der Waals surface area contributed by atoms with Gasteiger partial charge in [-0.15, -0.1) is 0 Å². The van der Waals surface area contributed by atoms with Crippen molar-refractivity contribution in [1.82, 2.24) is 19.7 Å². The number of rotatable bonds is 3. The Hall–Kier alpha value is -1.39. The Kier molecular flexibility index (Phi) is 4.56. The van der Waals surface area contributed by atoms with Crippen LogP contribution in [0.5, 0.6) is 0 Å². The molecular weight excluding hydrogens is 264 g/mol. The molecule has 1 aromatic heterocycles. The molecule has 1 aromatic rings. The molecule has 2 aliphatic rings. The summed E-state index contributed by atoms with van der Waals surface area (Å²) in [5, 5.41) is 4.23. The number of amides is 1. The van der Waals surface area contributed by atoms with Crippen LogP contribution >= 0.6 is 0 Å². The normalized spacial score (nSPS) is 30.3. The third-order valence-corrected chi connectivity index (χ3v) is 5.07. The lowest BCUT2D eigenvalue weighted by Crippen LogP contribution is -2.41. The van der Waals surface area contributed by atoms with Gasteiger partial charge in [-0.25, -0.2) is 9.67 Å². The van der Waals surface area contributed by atoms with E-state index in [0.29, 0.717) is 17.9 Å². The maximum Gasteiger partial charge on any atom is 0.222 e. The lowest BCUT2D eigenvalue weighted by atomic mass is 9.80. The average molecular weight is 290 g/mol. The molecule has 0 N–H and O–H groups in total. The fourth-order valence-electron chi connectivity index (χ4n) is 3.92. The van der Waals surface area contributed by atoms with Crippen LogP contribution in [0.15, 0.2) is 12.7 Å². The molecule has 1 amide bonds. The van der Waals surface area contributed by atoms with E-state index >= 15 is 0 Å². The van der Waals surface area contributed by atoms with Gasteiger partial charge in [-0.2, -0.15) is 5.10 Å². The maximum absolute atomic E-state index is 12.6. The van der Waals surface area contributed by atoms with Crippen LogP contribution in [0.1, 0.15) is 57.9 Å². The molecule has 2 heterocycles. The second-order valence-corrected chi connectivity index (χ2v) is 6.85. The number of aromatic nitrogens is 3. The van der Waals surface area contributed by atoms with Gasteiger partial charge in [0.2, 0.25) is 5.91 Å². The van der Waals surface area contributed by atoms with Crippen molar-refractivity contribution in [1.29, 1.82) is 0 Å². The Morgan fingerprint density at radius 1 is 1.29 bits per heavy atom. The highest BCUT2D eigenvalue weighted by atomic mass is 16.2. The molecule has 0 spiro atoms. The predicted molar refractivity (Wildman–Crippen MR) is 80.6 cm³/mol. The van der Waals surface area contributed by atoms with Crippen molar-refractivity contribution < 1.29 is 4.79 Å². The van der Waals surface area contributed by atoms with Crippen molar-refractivity contribution >= 4 is 5.91 Å². The summed E-state index contributed by atoms with van der Waals surface area (Å²) in [7, 11) is 0. The molecule has 2 fully saturated rings. The molecule has 1 saturated carbocycles. The Bertz CT molecular complexity index is 459. The van der Waals surface area contributed by atoms with Gasteiger partial charge in [-0.3, -0.25) is 4.79 Å². The van der Waals surface area contributed by atoms with E-state index in [1.165, 1.54) is 25.7 Å². The second kappa shape index (κ2) is 6.58. The molecule has 5 nitrogen and oxygen atoms in total. The topological polar surface area (TPSA) is 51.0 Å². The Morgan fingerprint density at radius 2 is 2.19 bits per heavy atom. The SMILES string of the molecule is C[C@@H]1CCC[C@@H](CC(=O)N2CCC[C@@H](n3cncn3)C2)C1. The molecule has 0 bridgehead atoms. The Labute approximate surface area is 126 Å². The van der Waals surface area contributed by atoms with E-state index < -0.39 is 0 Å². The van der Waals surface area contributed by atoms with E-state index in [4.69, 9.17) is 0 Å². The Balaban J connectivity index is 1.54. The summed E-state index contributed by atoms with van der Waals surface area (Å²) in [5.41, 5.74) is 0. The van der Waals surface area contributed by atoms with E-state index in [1.54, 1.807) is 12.7 Å². The van der Waals surface area contributed by atoms with Gasteiger partial charge in [0.05, 0.1) is 6.04 Å². The molecule has 116 valence electrons. The minimum Gasteiger partial charge on any atom is -0.341 e. The molecule has 21 heavy (non-hydrogen) atoms. The summed E-state index contributed by atoms with van der Waals surface area (Å²) < 4.78 is 1.90. The summed E-state index contributed by atoms with van der Waals surface area (Å²) in [6.07, 6.45) is 11.3. The van der Waals surface area contributed by atoms with Gasteiger partial charge < -0.3 is 4.90 Å². The Morgan fingerprint density at radius 3 is 2.95 bits per heavy atom. The first-order chi connectivity index (χ1) is 10.2. The van der Waals surface area contributed by atoms with Crippen LogP contribution in [0, 0.1) is 11.8 Å². The summed E-state index contributed by atoms with van der Waals surface area (Å²) in [6.45, 7) is 4.02. The lowest BCUT2D eigenvalue weighted by Gasteiger charge is -2.34. The van der Waals surface area contributed by atoms with Crippen LogP contribution in [0.25, 0.3) is 0 Å². The van der Waals surface area contributed by atoms with Crippen molar-refractivity contribution in [3.63, 3.8) is 0 Å². The van der Waals surface area contributed by atoms with E-state index in [2.05, 4.69) is 21.9 Å². The molecule has 1 saturated heterocycles. The van der Waals surface area contributed by atoms with Crippen molar-refractivity contribution in [2.24, 2.45) is 11.8 Å². The summed E-state index contributed by atoms with van der Waals surface area (Å²) in [4.78, 5) is 18.6. The largest absolute Gasteiger partial charge is 0.341 e. The standard InChI is InChI=1S/C16H26N4O/c1-13-4-2-5-14(8-13)9-16(21)19-7-3-6-15(10-19)20-12-17-11-18-20/h11-15H,2-10H2,1H3/t13-,14-,15-/m1/s1. The van der Waals surface area contributed by atoms with Crippen molar-refractivity contribution in [3.8, 4) is 0 Å². The summed E-state index contributed by atoms with van der Waals surface area (Å²) in [6, 6.07) is 0.301. The van der Waals surface area contributed by atoms with Crippen LogP contribution in [-0.4, -0.2) is 38.7 Å². The molecule has 0 radical (unpaired) electrons. The van der Waals surface area contributed by atoms with E-state index in [-0.39, 0.29) is 0 Å². The number of nitrogens with zero attached hydrogens (tertiary/aromatic N) is 4. The maximum atomic E-state index is 12.6. The van der Waals surface area contributed by atoms with E-state index in [1.807, 2.05) is 4.68 Å². The molecule has 0 unspecified atom stereocenters. The first kappa shape index (κ1) is 14.5. The quantitative estimate of drug-likeness (QED) is 0.860. The highest BCUT2D eigenvalue weighted by molar-refractivity contribution is 5.76. The first-order valence-corrected chi connectivity index (χ1v) is 8.34. The predicted octanol–water partition coefficient (Wildman–Crippen LogP) is 2.66. The molecule has 1 aliphatic heterocycles. The fourth-order valence-corrected chi connectivity index (χ4v) is 3.92. The van der Waals surface area contributed by atoms with Crippen LogP contribution in [0.3, 0.4) is 0 Å². The van der Waals surface area contributed by atoms with Gasteiger partial charge in [-0.05, 0) is 37.5 Å². The van der Waals surface area contributed by atoms with Crippen LogP contribution < -0.4 is 0 Å². The highest BCUT2D eigenvalue weighted by Crippen LogP contribution is 2.31. The van der Waals surface area contributed by atoms with Gasteiger partial charge in [0.15, 0.2) is 0 Å². The smallest absolute Gasteiger partial charge is 0.222 e. The zero-order valence-corrected chi connectivity index (χ0v) is 12.9. The molecule has 0 aromatic carbocycles. The van der Waals surface area contributed by atoms with Gasteiger partial charge in [0, 0.05) is 19.5 Å². The number of hydrogen-bond donors (Lipinski definition) is 0. The molecular formula is C16H26N4O. The third-order valence-electron chi connectivity index (χ3n) is 5.07. The van der Waals surface area contributed by atoms with Gasteiger partial charge >= 0.3 is 0 Å². The van der Waals surface area contributed by atoms with Gasteiger partial charge in [-0.1, -0.05) is 19.8 Å².